The van der Waals surface area contributed by atoms with Crippen LogP contribution in [0, 0.1) is 5.82 Å². The summed E-state index contributed by atoms with van der Waals surface area (Å²) in [5.74, 6) is -1.14. The quantitative estimate of drug-likeness (QED) is 0.349. The fourth-order valence-electron chi connectivity index (χ4n) is 4.14. The minimum atomic E-state index is -3.99. The molecule has 4 aromatic rings. The Morgan fingerprint density at radius 2 is 1.77 bits per heavy atom. The van der Waals surface area contributed by atoms with Gasteiger partial charge in [-0.3, -0.25) is 4.79 Å². The number of amides is 1. The second kappa shape index (κ2) is 9.20. The Balaban J connectivity index is 1.36. The predicted molar refractivity (Wildman–Crippen MR) is 135 cm³/mol. The Morgan fingerprint density at radius 3 is 2.54 bits per heavy atom. The number of benzene rings is 3. The molecular formula is C25H18Cl2FN3O3S. The van der Waals surface area contributed by atoms with Gasteiger partial charge < -0.3 is 4.90 Å². The SMILES string of the molecule is O=C1C(NS(=O)(=O)c2ccc3cc(Cl)ccc3c2)CCN1c1ccc(-c2cccnc2Cl)cc1F. The summed E-state index contributed by atoms with van der Waals surface area (Å²) in [4.78, 5) is 18.3. The zero-order valence-corrected chi connectivity index (χ0v) is 20.4. The van der Waals surface area contributed by atoms with Crippen molar-refractivity contribution in [2.75, 3.05) is 11.4 Å². The number of hydrogen-bond donors (Lipinski definition) is 1. The Labute approximate surface area is 211 Å². The molecule has 0 bridgehead atoms. The monoisotopic (exact) mass is 529 g/mol. The molecule has 10 heteroatoms. The molecule has 0 radical (unpaired) electrons. The van der Waals surface area contributed by atoms with E-state index in [1.165, 1.54) is 35.4 Å². The first-order valence-corrected chi connectivity index (χ1v) is 12.9. The van der Waals surface area contributed by atoms with Crippen LogP contribution in [-0.2, 0) is 14.8 Å². The third-order valence-electron chi connectivity index (χ3n) is 5.90. The smallest absolute Gasteiger partial charge is 0.245 e. The van der Waals surface area contributed by atoms with E-state index in [1.54, 1.807) is 42.5 Å². The van der Waals surface area contributed by atoms with Crippen molar-refractivity contribution in [2.24, 2.45) is 0 Å². The first-order chi connectivity index (χ1) is 16.7. The average Bonchev–Trinajstić information content (AvgIpc) is 3.18. The molecule has 0 aliphatic carbocycles. The second-order valence-corrected chi connectivity index (χ2v) is 10.6. The van der Waals surface area contributed by atoms with Crippen LogP contribution in [0.1, 0.15) is 6.42 Å². The van der Waals surface area contributed by atoms with Crippen molar-refractivity contribution in [3.63, 3.8) is 0 Å². The summed E-state index contributed by atoms with van der Waals surface area (Å²) in [5.41, 5.74) is 1.16. The van der Waals surface area contributed by atoms with Gasteiger partial charge in [-0.1, -0.05) is 41.4 Å². The lowest BCUT2D eigenvalue weighted by atomic mass is 10.1. The van der Waals surface area contributed by atoms with Crippen molar-refractivity contribution >= 4 is 55.6 Å². The van der Waals surface area contributed by atoms with Crippen LogP contribution in [0.5, 0.6) is 0 Å². The summed E-state index contributed by atoms with van der Waals surface area (Å²) in [7, 11) is -3.99. The molecule has 1 saturated heterocycles. The van der Waals surface area contributed by atoms with E-state index in [2.05, 4.69) is 9.71 Å². The second-order valence-electron chi connectivity index (χ2n) is 8.11. The van der Waals surface area contributed by atoms with Gasteiger partial charge in [0.05, 0.1) is 10.6 Å². The molecule has 5 rings (SSSR count). The van der Waals surface area contributed by atoms with E-state index in [-0.39, 0.29) is 28.7 Å². The third kappa shape index (κ3) is 4.62. The minimum absolute atomic E-state index is 0.0301. The lowest BCUT2D eigenvalue weighted by Gasteiger charge is -2.19. The molecular weight excluding hydrogens is 512 g/mol. The summed E-state index contributed by atoms with van der Waals surface area (Å²) in [6.45, 7) is 0.173. The van der Waals surface area contributed by atoms with Crippen molar-refractivity contribution in [1.82, 2.24) is 9.71 Å². The fraction of sp³-hybridized carbons (Fsp3) is 0.120. The van der Waals surface area contributed by atoms with E-state index >= 15 is 0 Å². The van der Waals surface area contributed by atoms with Gasteiger partial charge in [0.15, 0.2) is 0 Å². The van der Waals surface area contributed by atoms with Crippen LogP contribution in [-0.4, -0.2) is 31.9 Å². The first kappa shape index (κ1) is 23.7. The number of nitrogens with zero attached hydrogens (tertiary/aromatic N) is 2. The minimum Gasteiger partial charge on any atom is -0.308 e. The number of fused-ring (bicyclic) bond motifs is 1. The van der Waals surface area contributed by atoms with E-state index in [0.717, 1.165) is 5.39 Å². The molecule has 35 heavy (non-hydrogen) atoms. The lowest BCUT2D eigenvalue weighted by Crippen LogP contribution is -2.41. The Kier molecular flexibility index (Phi) is 6.23. The number of carbonyl (C=O) groups excluding carboxylic acids is 1. The highest BCUT2D eigenvalue weighted by Gasteiger charge is 2.36. The van der Waals surface area contributed by atoms with Crippen LogP contribution in [0.25, 0.3) is 21.9 Å². The van der Waals surface area contributed by atoms with Crippen LogP contribution in [0.3, 0.4) is 0 Å². The van der Waals surface area contributed by atoms with E-state index in [1.807, 2.05) is 0 Å². The van der Waals surface area contributed by atoms with Crippen molar-refractivity contribution < 1.29 is 17.6 Å². The van der Waals surface area contributed by atoms with Gasteiger partial charge in [-0.05, 0) is 71.3 Å². The van der Waals surface area contributed by atoms with Crippen molar-refractivity contribution in [3.05, 3.63) is 88.9 Å². The Morgan fingerprint density at radius 1 is 1.00 bits per heavy atom. The summed E-state index contributed by atoms with van der Waals surface area (Å²) in [6.07, 6.45) is 1.74. The molecule has 1 N–H and O–H groups in total. The maximum Gasteiger partial charge on any atom is 0.245 e. The van der Waals surface area contributed by atoms with Crippen LogP contribution < -0.4 is 9.62 Å². The zero-order valence-electron chi connectivity index (χ0n) is 18.1. The molecule has 2 heterocycles. The van der Waals surface area contributed by atoms with Gasteiger partial charge in [0.2, 0.25) is 15.9 Å². The number of pyridine rings is 1. The maximum absolute atomic E-state index is 15.0. The number of carbonyl (C=O) groups is 1. The molecule has 1 unspecified atom stereocenters. The van der Waals surface area contributed by atoms with Crippen molar-refractivity contribution in [3.8, 4) is 11.1 Å². The molecule has 3 aromatic carbocycles. The number of anilines is 1. The van der Waals surface area contributed by atoms with Crippen molar-refractivity contribution in [2.45, 2.75) is 17.4 Å². The molecule has 1 aliphatic heterocycles. The summed E-state index contributed by atoms with van der Waals surface area (Å²) < 4.78 is 43.4. The standard InChI is InChI=1S/C25H18Cl2FN3O3S/c26-18-6-3-16-13-19(7-4-15(16)12-18)35(33,34)30-22-9-11-31(25(22)32)23-8-5-17(14-21(23)28)20-2-1-10-29-24(20)27/h1-8,10,12-14,22,30H,9,11H2. The summed E-state index contributed by atoms with van der Waals surface area (Å²) in [6, 6.07) is 16.6. The third-order valence-corrected chi connectivity index (χ3v) is 7.90. The number of sulfonamides is 1. The molecule has 178 valence electrons. The van der Waals surface area contributed by atoms with E-state index < -0.39 is 27.8 Å². The van der Waals surface area contributed by atoms with Crippen LogP contribution in [0.15, 0.2) is 77.8 Å². The van der Waals surface area contributed by atoms with Crippen LogP contribution in [0.4, 0.5) is 10.1 Å². The molecule has 0 spiro atoms. The molecule has 1 aromatic heterocycles. The highest BCUT2D eigenvalue weighted by Crippen LogP contribution is 2.32. The van der Waals surface area contributed by atoms with Gasteiger partial charge in [-0.15, -0.1) is 0 Å². The van der Waals surface area contributed by atoms with Gasteiger partial charge >= 0.3 is 0 Å². The van der Waals surface area contributed by atoms with E-state index in [4.69, 9.17) is 23.2 Å². The number of halogens is 3. The summed E-state index contributed by atoms with van der Waals surface area (Å²) in [5, 5.41) is 2.29. The maximum atomic E-state index is 15.0. The molecule has 1 aliphatic rings. The number of rotatable bonds is 5. The average molecular weight is 530 g/mol. The molecule has 1 fully saturated rings. The van der Waals surface area contributed by atoms with Crippen LogP contribution >= 0.6 is 23.2 Å². The van der Waals surface area contributed by atoms with Gasteiger partial charge in [0.25, 0.3) is 0 Å². The molecule has 1 amide bonds. The first-order valence-electron chi connectivity index (χ1n) is 10.7. The highest BCUT2D eigenvalue weighted by molar-refractivity contribution is 7.89. The fourth-order valence-corrected chi connectivity index (χ4v) is 5.81. The summed E-state index contributed by atoms with van der Waals surface area (Å²) >= 11 is 12.1. The van der Waals surface area contributed by atoms with Gasteiger partial charge in [0.1, 0.15) is 17.0 Å². The number of nitrogens with one attached hydrogen (secondary N) is 1. The zero-order chi connectivity index (χ0) is 24.7. The van der Waals surface area contributed by atoms with Crippen LogP contribution in [0.2, 0.25) is 10.2 Å². The van der Waals surface area contributed by atoms with Gasteiger partial charge in [-0.25, -0.2) is 17.8 Å². The number of hydrogen-bond acceptors (Lipinski definition) is 4. The van der Waals surface area contributed by atoms with E-state index in [9.17, 15) is 17.6 Å². The van der Waals surface area contributed by atoms with Gasteiger partial charge in [-0.2, -0.15) is 4.72 Å². The predicted octanol–water partition coefficient (Wildman–Crippen LogP) is 5.43. The van der Waals surface area contributed by atoms with Crippen molar-refractivity contribution in [1.29, 1.82) is 0 Å². The normalized spacial score (nSPS) is 16.3. The highest BCUT2D eigenvalue weighted by atomic mass is 35.5. The number of aromatic nitrogens is 1. The van der Waals surface area contributed by atoms with E-state index in [0.29, 0.717) is 21.5 Å². The largest absolute Gasteiger partial charge is 0.308 e. The lowest BCUT2D eigenvalue weighted by molar-refractivity contribution is -0.118. The Hall–Kier alpha value is -3.04. The molecule has 6 nitrogen and oxygen atoms in total. The molecule has 0 saturated carbocycles. The molecule has 1 atom stereocenters. The topological polar surface area (TPSA) is 79.4 Å². The van der Waals surface area contributed by atoms with Gasteiger partial charge in [0, 0.05) is 23.3 Å². The Bertz CT molecular complexity index is 1580.